The van der Waals surface area contributed by atoms with Gasteiger partial charge in [0.25, 0.3) is 0 Å². The van der Waals surface area contributed by atoms with Crippen LogP contribution in [-0.4, -0.2) is 12.5 Å². The second-order valence-electron chi connectivity index (χ2n) is 3.76. The molecule has 10 heavy (non-hydrogen) atoms. The molecule has 4 unspecified atom stereocenters. The fraction of sp³-hybridized carbons (Fsp3) is 1.00. The molecule has 56 valence electrons. The Morgan fingerprint density at radius 3 is 2.00 bits per heavy atom. The summed E-state index contributed by atoms with van der Waals surface area (Å²) in [6, 6.07) is 0. The lowest BCUT2D eigenvalue weighted by molar-refractivity contribution is -0.119. The molecule has 3 heterocycles. The molecule has 4 rings (SSSR count). The second kappa shape index (κ2) is 1.74. The minimum atomic E-state index is 0.454. The van der Waals surface area contributed by atoms with Gasteiger partial charge in [0.2, 0.25) is 0 Å². The maximum atomic E-state index is 5.59. The van der Waals surface area contributed by atoms with Gasteiger partial charge in [0, 0.05) is 11.8 Å². The van der Waals surface area contributed by atoms with Crippen molar-refractivity contribution in [2.75, 3.05) is 0 Å². The van der Waals surface area contributed by atoms with Crippen LogP contribution >= 0.6 is 0 Å². The SMILES string of the molecule is C1CCC2C3NC(O3)C2C1. The Kier molecular flexibility index (Phi) is 0.968. The van der Waals surface area contributed by atoms with E-state index in [1.165, 1.54) is 25.7 Å². The summed E-state index contributed by atoms with van der Waals surface area (Å²) in [6.07, 6.45) is 6.56. The molecular formula is C8H13NO. The third-order valence-electron chi connectivity index (χ3n) is 3.27. The van der Waals surface area contributed by atoms with Crippen molar-refractivity contribution in [3.63, 3.8) is 0 Å². The van der Waals surface area contributed by atoms with Crippen molar-refractivity contribution in [1.29, 1.82) is 0 Å². The third kappa shape index (κ3) is 0.523. The Morgan fingerprint density at radius 1 is 1.00 bits per heavy atom. The molecule has 0 spiro atoms. The Labute approximate surface area is 60.9 Å². The predicted octanol–water partition coefficient (Wildman–Crippen LogP) is 1.08. The van der Waals surface area contributed by atoms with Gasteiger partial charge in [-0.2, -0.15) is 0 Å². The van der Waals surface area contributed by atoms with Crippen LogP contribution in [0.25, 0.3) is 0 Å². The van der Waals surface area contributed by atoms with E-state index in [0.717, 1.165) is 11.8 Å². The van der Waals surface area contributed by atoms with E-state index < -0.39 is 0 Å². The number of rotatable bonds is 0. The number of hydrogen-bond acceptors (Lipinski definition) is 2. The molecule has 1 aliphatic carbocycles. The van der Waals surface area contributed by atoms with Crippen LogP contribution in [0.2, 0.25) is 0 Å². The van der Waals surface area contributed by atoms with E-state index in [1.807, 2.05) is 0 Å². The van der Waals surface area contributed by atoms with Gasteiger partial charge in [-0.1, -0.05) is 12.8 Å². The fourth-order valence-corrected chi connectivity index (χ4v) is 2.72. The Morgan fingerprint density at radius 2 is 1.50 bits per heavy atom. The van der Waals surface area contributed by atoms with Crippen molar-refractivity contribution in [3.8, 4) is 0 Å². The van der Waals surface area contributed by atoms with Gasteiger partial charge in [-0.3, -0.25) is 5.32 Å². The average molecular weight is 139 g/mol. The summed E-state index contributed by atoms with van der Waals surface area (Å²) in [5.74, 6) is 1.75. The van der Waals surface area contributed by atoms with Crippen LogP contribution in [0.3, 0.4) is 0 Å². The summed E-state index contributed by atoms with van der Waals surface area (Å²) < 4.78 is 5.59. The molecule has 2 nitrogen and oxygen atoms in total. The molecule has 4 atom stereocenters. The van der Waals surface area contributed by atoms with Gasteiger partial charge in [0.1, 0.15) is 12.5 Å². The van der Waals surface area contributed by atoms with E-state index in [4.69, 9.17) is 4.74 Å². The van der Waals surface area contributed by atoms with Crippen LogP contribution in [0, 0.1) is 11.8 Å². The van der Waals surface area contributed by atoms with E-state index in [-0.39, 0.29) is 0 Å². The van der Waals surface area contributed by atoms with Crippen molar-refractivity contribution in [2.24, 2.45) is 11.8 Å². The summed E-state index contributed by atoms with van der Waals surface area (Å²) in [5.41, 5.74) is 0. The lowest BCUT2D eigenvalue weighted by Gasteiger charge is -2.28. The molecule has 1 saturated carbocycles. The lowest BCUT2D eigenvalue weighted by Crippen LogP contribution is -2.48. The zero-order valence-electron chi connectivity index (χ0n) is 6.05. The minimum Gasteiger partial charge on any atom is -0.345 e. The molecule has 2 bridgehead atoms. The molecule has 4 aliphatic rings. The van der Waals surface area contributed by atoms with Gasteiger partial charge in [-0.25, -0.2) is 0 Å². The zero-order valence-corrected chi connectivity index (χ0v) is 6.05. The fourth-order valence-electron chi connectivity index (χ4n) is 2.72. The lowest BCUT2D eigenvalue weighted by atomic mass is 9.82. The van der Waals surface area contributed by atoms with E-state index >= 15 is 0 Å². The van der Waals surface area contributed by atoms with Gasteiger partial charge in [0.05, 0.1) is 0 Å². The summed E-state index contributed by atoms with van der Waals surface area (Å²) in [4.78, 5) is 0. The Hall–Kier alpha value is -0.0800. The van der Waals surface area contributed by atoms with Gasteiger partial charge in [0.15, 0.2) is 0 Å². The molecule has 0 radical (unpaired) electrons. The average Bonchev–Trinajstić information content (AvgIpc) is 2.36. The maximum Gasteiger partial charge on any atom is 0.115 e. The topological polar surface area (TPSA) is 21.3 Å². The largest absolute Gasteiger partial charge is 0.345 e. The predicted molar refractivity (Wildman–Crippen MR) is 37.2 cm³/mol. The minimum absolute atomic E-state index is 0.454. The number of hydrogen-bond donors (Lipinski definition) is 1. The molecule has 4 fully saturated rings. The summed E-state index contributed by atoms with van der Waals surface area (Å²) in [7, 11) is 0. The molecular weight excluding hydrogens is 126 g/mol. The first-order valence-electron chi connectivity index (χ1n) is 4.37. The highest BCUT2D eigenvalue weighted by molar-refractivity contribution is 4.98. The molecule has 0 amide bonds. The van der Waals surface area contributed by atoms with E-state index in [0.29, 0.717) is 12.5 Å². The normalized spacial score (nSPS) is 57.6. The first-order chi connectivity index (χ1) is 4.95. The maximum absolute atomic E-state index is 5.59. The molecule has 0 aromatic heterocycles. The number of nitrogens with one attached hydrogen (secondary N) is 1. The van der Waals surface area contributed by atoms with Crippen molar-refractivity contribution >= 4 is 0 Å². The second-order valence-corrected chi connectivity index (χ2v) is 3.76. The van der Waals surface area contributed by atoms with Crippen LogP contribution in [0.5, 0.6) is 0 Å². The zero-order chi connectivity index (χ0) is 6.55. The Bertz CT molecular complexity index is 137. The standard InChI is InChI=1S/C8H13NO/c1-2-4-6-5(3-1)7-9-8(6)10-7/h5-9H,1-4H2. The van der Waals surface area contributed by atoms with Crippen LogP contribution in [-0.2, 0) is 4.74 Å². The van der Waals surface area contributed by atoms with Gasteiger partial charge < -0.3 is 4.74 Å². The van der Waals surface area contributed by atoms with Crippen LogP contribution < -0.4 is 5.32 Å². The smallest absolute Gasteiger partial charge is 0.115 e. The highest BCUT2D eigenvalue weighted by atomic mass is 16.6. The quantitative estimate of drug-likeness (QED) is 0.542. The van der Waals surface area contributed by atoms with E-state index in [1.54, 1.807) is 0 Å². The number of ether oxygens (including phenoxy) is 1. The molecule has 0 aromatic carbocycles. The van der Waals surface area contributed by atoms with Gasteiger partial charge >= 0.3 is 0 Å². The summed E-state index contributed by atoms with van der Waals surface area (Å²) >= 11 is 0. The molecule has 1 N–H and O–H groups in total. The van der Waals surface area contributed by atoms with Crippen molar-refractivity contribution < 1.29 is 4.74 Å². The highest BCUT2D eigenvalue weighted by Gasteiger charge is 2.53. The summed E-state index contributed by atoms with van der Waals surface area (Å²) in [5, 5.41) is 3.44. The van der Waals surface area contributed by atoms with Crippen LogP contribution in [0.15, 0.2) is 0 Å². The third-order valence-corrected chi connectivity index (χ3v) is 3.27. The van der Waals surface area contributed by atoms with E-state index in [9.17, 15) is 0 Å². The Balaban J connectivity index is 1.85. The first-order valence-corrected chi connectivity index (χ1v) is 4.37. The molecule has 3 aliphatic heterocycles. The van der Waals surface area contributed by atoms with Gasteiger partial charge in [-0.15, -0.1) is 0 Å². The first kappa shape index (κ1) is 5.56. The molecule has 2 heteroatoms. The molecule has 0 aromatic rings. The van der Waals surface area contributed by atoms with Crippen LogP contribution in [0.4, 0.5) is 0 Å². The van der Waals surface area contributed by atoms with E-state index in [2.05, 4.69) is 5.32 Å². The summed E-state index contributed by atoms with van der Waals surface area (Å²) in [6.45, 7) is 0. The van der Waals surface area contributed by atoms with Crippen LogP contribution in [0.1, 0.15) is 25.7 Å². The van der Waals surface area contributed by atoms with Crippen molar-refractivity contribution in [3.05, 3.63) is 0 Å². The van der Waals surface area contributed by atoms with Crippen molar-refractivity contribution in [2.45, 2.75) is 38.1 Å². The monoisotopic (exact) mass is 139 g/mol. The molecule has 3 saturated heterocycles. The van der Waals surface area contributed by atoms with Crippen molar-refractivity contribution in [1.82, 2.24) is 5.32 Å². The van der Waals surface area contributed by atoms with Gasteiger partial charge in [-0.05, 0) is 12.8 Å². The highest BCUT2D eigenvalue weighted by Crippen LogP contribution is 2.46.